The topological polar surface area (TPSA) is 71.5 Å². The molecule has 2 N–H and O–H groups in total. The number of ether oxygens (including phenoxy) is 1. The van der Waals surface area contributed by atoms with E-state index in [0.717, 1.165) is 0 Å². The molecule has 0 fully saturated rings. The van der Waals surface area contributed by atoms with Crippen LogP contribution in [0.1, 0.15) is 10.4 Å². The number of hydrogen-bond donors (Lipinski definition) is 2. The molecule has 5 nitrogen and oxygen atoms in total. The van der Waals surface area contributed by atoms with Crippen LogP contribution in [0.15, 0.2) is 30.3 Å². The van der Waals surface area contributed by atoms with Crippen molar-refractivity contribution in [1.82, 2.24) is 4.98 Å². The lowest BCUT2D eigenvalue weighted by Crippen LogP contribution is -2.14. The highest BCUT2D eigenvalue weighted by molar-refractivity contribution is 6.03. The third-order valence-electron chi connectivity index (χ3n) is 2.74. The van der Waals surface area contributed by atoms with Crippen LogP contribution in [-0.4, -0.2) is 42.2 Å². The first kappa shape index (κ1) is 15.1. The molecule has 0 amide bonds. The predicted molar refractivity (Wildman–Crippen MR) is 74.0 cm³/mol. The first-order valence-electron chi connectivity index (χ1n) is 6.31. The summed E-state index contributed by atoms with van der Waals surface area (Å²) in [5.41, 5.74) is 0.685. The molecule has 0 radical (unpaired) electrons. The molecule has 0 aliphatic rings. The zero-order chi connectivity index (χ0) is 15.2. The SMILES string of the molecule is O=C(O)c1cc(NCCOCC(F)F)nc2ccccc12. The summed E-state index contributed by atoms with van der Waals surface area (Å²) in [6.45, 7) is -0.272. The van der Waals surface area contributed by atoms with Crippen LogP contribution in [0.2, 0.25) is 0 Å². The number of pyridine rings is 1. The van der Waals surface area contributed by atoms with Gasteiger partial charge in [0, 0.05) is 11.9 Å². The van der Waals surface area contributed by atoms with Gasteiger partial charge in [0.25, 0.3) is 6.43 Å². The second kappa shape index (κ2) is 6.94. The van der Waals surface area contributed by atoms with Crippen molar-refractivity contribution >= 4 is 22.7 Å². The summed E-state index contributed by atoms with van der Waals surface area (Å²) >= 11 is 0. The third kappa shape index (κ3) is 4.09. The van der Waals surface area contributed by atoms with Gasteiger partial charge in [-0.15, -0.1) is 0 Å². The lowest BCUT2D eigenvalue weighted by atomic mass is 10.1. The maximum atomic E-state index is 11.9. The highest BCUT2D eigenvalue weighted by atomic mass is 19.3. The maximum Gasteiger partial charge on any atom is 0.336 e. The van der Waals surface area contributed by atoms with Crippen LogP contribution in [0.25, 0.3) is 10.9 Å². The van der Waals surface area contributed by atoms with Gasteiger partial charge in [-0.1, -0.05) is 18.2 Å². The number of alkyl halides is 2. The maximum absolute atomic E-state index is 11.9. The standard InChI is InChI=1S/C14H14F2N2O3/c15-12(16)8-21-6-5-17-13-7-10(14(19)20)9-3-1-2-4-11(9)18-13/h1-4,7,12H,5-6,8H2,(H,17,18)(H,19,20). The molecule has 1 heterocycles. The second-order valence-electron chi connectivity index (χ2n) is 4.27. The molecule has 2 aromatic rings. The molecule has 0 spiro atoms. The summed E-state index contributed by atoms with van der Waals surface area (Å²) in [6, 6.07) is 8.30. The zero-order valence-corrected chi connectivity index (χ0v) is 11.1. The van der Waals surface area contributed by atoms with Crippen molar-refractivity contribution in [2.24, 2.45) is 0 Å². The van der Waals surface area contributed by atoms with Gasteiger partial charge in [0.05, 0.1) is 17.7 Å². The van der Waals surface area contributed by atoms with Crippen LogP contribution in [0.4, 0.5) is 14.6 Å². The minimum atomic E-state index is -2.50. The second-order valence-corrected chi connectivity index (χ2v) is 4.27. The molecule has 0 unspecified atom stereocenters. The number of nitrogens with zero attached hydrogens (tertiary/aromatic N) is 1. The third-order valence-corrected chi connectivity index (χ3v) is 2.74. The highest BCUT2D eigenvalue weighted by Crippen LogP contribution is 2.20. The molecule has 0 aliphatic carbocycles. The fourth-order valence-electron chi connectivity index (χ4n) is 1.87. The van der Waals surface area contributed by atoms with E-state index in [1.807, 2.05) is 0 Å². The summed E-state index contributed by atoms with van der Waals surface area (Å²) in [6.07, 6.45) is -2.50. The van der Waals surface area contributed by atoms with Gasteiger partial charge in [-0.05, 0) is 12.1 Å². The Balaban J connectivity index is 2.08. The number of aromatic carboxylic acids is 1. The first-order chi connectivity index (χ1) is 10.1. The number of carboxylic acids is 1. The van der Waals surface area contributed by atoms with E-state index in [1.54, 1.807) is 24.3 Å². The summed E-state index contributed by atoms with van der Waals surface area (Å²) in [4.78, 5) is 15.5. The van der Waals surface area contributed by atoms with Crippen LogP contribution in [0.5, 0.6) is 0 Å². The van der Waals surface area contributed by atoms with E-state index in [4.69, 9.17) is 4.74 Å². The number of nitrogens with one attached hydrogen (secondary N) is 1. The van der Waals surface area contributed by atoms with Crippen molar-refractivity contribution < 1.29 is 23.4 Å². The van der Waals surface area contributed by atoms with Crippen molar-refractivity contribution in [3.8, 4) is 0 Å². The number of hydrogen-bond acceptors (Lipinski definition) is 4. The van der Waals surface area contributed by atoms with Gasteiger partial charge in [-0.2, -0.15) is 0 Å². The number of rotatable bonds is 7. The number of carbonyl (C=O) groups is 1. The predicted octanol–water partition coefficient (Wildman–Crippen LogP) is 2.63. The molecule has 21 heavy (non-hydrogen) atoms. The van der Waals surface area contributed by atoms with E-state index in [-0.39, 0.29) is 18.7 Å². The molecule has 2 rings (SSSR count). The average molecular weight is 296 g/mol. The van der Waals surface area contributed by atoms with Crippen molar-refractivity contribution in [2.75, 3.05) is 25.1 Å². The Morgan fingerprint density at radius 3 is 2.86 bits per heavy atom. The number of anilines is 1. The van der Waals surface area contributed by atoms with E-state index in [2.05, 4.69) is 10.3 Å². The molecule has 0 aliphatic heterocycles. The fraction of sp³-hybridized carbons (Fsp3) is 0.286. The Morgan fingerprint density at radius 1 is 1.38 bits per heavy atom. The van der Waals surface area contributed by atoms with E-state index < -0.39 is 19.0 Å². The summed E-state index contributed by atoms with van der Waals surface area (Å²) < 4.78 is 28.5. The number of aromatic nitrogens is 1. The van der Waals surface area contributed by atoms with Gasteiger partial charge in [0.1, 0.15) is 12.4 Å². The molecular weight excluding hydrogens is 282 g/mol. The highest BCUT2D eigenvalue weighted by Gasteiger charge is 2.11. The number of benzene rings is 1. The van der Waals surface area contributed by atoms with Gasteiger partial charge < -0.3 is 15.2 Å². The Labute approximate surface area is 119 Å². The Morgan fingerprint density at radius 2 is 2.14 bits per heavy atom. The summed E-state index contributed by atoms with van der Waals surface area (Å²) in [7, 11) is 0. The molecule has 7 heteroatoms. The number of carboxylic acid groups (broad SMARTS) is 1. The molecule has 0 atom stereocenters. The Kier molecular flexibility index (Phi) is 4.99. The van der Waals surface area contributed by atoms with Crippen LogP contribution in [0, 0.1) is 0 Å². The van der Waals surface area contributed by atoms with Crippen LogP contribution < -0.4 is 5.32 Å². The van der Waals surface area contributed by atoms with Crippen LogP contribution in [0.3, 0.4) is 0 Å². The van der Waals surface area contributed by atoms with Crippen molar-refractivity contribution in [3.05, 3.63) is 35.9 Å². The van der Waals surface area contributed by atoms with Crippen LogP contribution >= 0.6 is 0 Å². The van der Waals surface area contributed by atoms with Gasteiger partial charge in [-0.25, -0.2) is 18.6 Å². The summed E-state index contributed by atoms with van der Waals surface area (Å²) in [5.74, 6) is -0.683. The summed E-state index contributed by atoms with van der Waals surface area (Å²) in [5, 5.41) is 12.6. The van der Waals surface area contributed by atoms with E-state index in [1.165, 1.54) is 6.07 Å². The minimum absolute atomic E-state index is 0.0846. The van der Waals surface area contributed by atoms with Crippen LogP contribution in [-0.2, 0) is 4.74 Å². The van der Waals surface area contributed by atoms with Crippen molar-refractivity contribution in [1.29, 1.82) is 0 Å². The van der Waals surface area contributed by atoms with Gasteiger partial charge in [0.2, 0.25) is 0 Å². The molecule has 1 aromatic heterocycles. The van der Waals surface area contributed by atoms with Crippen molar-refractivity contribution in [3.63, 3.8) is 0 Å². The largest absolute Gasteiger partial charge is 0.478 e. The normalized spacial score (nSPS) is 11.0. The minimum Gasteiger partial charge on any atom is -0.478 e. The molecule has 0 bridgehead atoms. The Hall–Kier alpha value is -2.28. The van der Waals surface area contributed by atoms with E-state index in [9.17, 15) is 18.7 Å². The zero-order valence-electron chi connectivity index (χ0n) is 11.1. The number of halogens is 2. The lowest BCUT2D eigenvalue weighted by Gasteiger charge is -2.09. The number of para-hydroxylation sites is 1. The monoisotopic (exact) mass is 296 g/mol. The van der Waals surface area contributed by atoms with E-state index in [0.29, 0.717) is 16.7 Å². The Bertz CT molecular complexity index is 635. The molecule has 1 aromatic carbocycles. The molecular formula is C14H14F2N2O3. The number of fused-ring (bicyclic) bond motifs is 1. The molecule has 112 valence electrons. The molecule has 0 saturated heterocycles. The van der Waals surface area contributed by atoms with E-state index >= 15 is 0 Å². The molecule has 0 saturated carbocycles. The lowest BCUT2D eigenvalue weighted by molar-refractivity contribution is 0.0214. The first-order valence-corrected chi connectivity index (χ1v) is 6.31. The van der Waals surface area contributed by atoms with Gasteiger partial charge in [0.15, 0.2) is 0 Å². The average Bonchev–Trinajstić information content (AvgIpc) is 2.45. The smallest absolute Gasteiger partial charge is 0.336 e. The van der Waals surface area contributed by atoms with Crippen molar-refractivity contribution in [2.45, 2.75) is 6.43 Å². The quantitative estimate of drug-likeness (QED) is 0.769. The van der Waals surface area contributed by atoms with Gasteiger partial charge >= 0.3 is 5.97 Å². The fourth-order valence-corrected chi connectivity index (χ4v) is 1.87. The van der Waals surface area contributed by atoms with Gasteiger partial charge in [-0.3, -0.25) is 0 Å².